The van der Waals surface area contributed by atoms with E-state index in [1.54, 1.807) is 10.6 Å². The van der Waals surface area contributed by atoms with Crippen molar-refractivity contribution >= 4 is 49.1 Å². The van der Waals surface area contributed by atoms with Crippen molar-refractivity contribution in [2.75, 3.05) is 11.5 Å². The fourth-order valence-electron chi connectivity index (χ4n) is 1.83. The molecule has 19 heavy (non-hydrogen) atoms. The fourth-order valence-corrected chi connectivity index (χ4v) is 2.66. The van der Waals surface area contributed by atoms with Crippen LogP contribution in [0.1, 0.15) is 0 Å². The summed E-state index contributed by atoms with van der Waals surface area (Å²) < 4.78 is 3.35. The molecule has 0 bridgehead atoms. The van der Waals surface area contributed by atoms with E-state index in [0.29, 0.717) is 17.3 Å². The zero-order valence-corrected chi connectivity index (χ0v) is 12.8. The molecule has 0 radical (unpaired) electrons. The van der Waals surface area contributed by atoms with Crippen LogP contribution in [0.3, 0.4) is 0 Å². The van der Waals surface area contributed by atoms with E-state index in [1.165, 1.54) is 0 Å². The highest BCUT2D eigenvalue weighted by Crippen LogP contribution is 2.32. The second-order valence-corrected chi connectivity index (χ2v) is 5.72. The van der Waals surface area contributed by atoms with E-state index in [-0.39, 0.29) is 0 Å². The third-order valence-electron chi connectivity index (χ3n) is 2.70. The minimum Gasteiger partial charge on any atom is -0.384 e. The molecular weight excluding hydrogens is 374 g/mol. The molecule has 5 nitrogen and oxygen atoms in total. The van der Waals surface area contributed by atoms with Gasteiger partial charge < -0.3 is 11.5 Å². The molecule has 0 spiro atoms. The molecule has 2 aromatic heterocycles. The zero-order chi connectivity index (χ0) is 13.6. The van der Waals surface area contributed by atoms with E-state index in [2.05, 4.69) is 41.9 Å². The molecule has 0 aliphatic heterocycles. The quantitative estimate of drug-likeness (QED) is 0.677. The second kappa shape index (κ2) is 4.50. The summed E-state index contributed by atoms with van der Waals surface area (Å²) in [4.78, 5) is 4.24. The fraction of sp³-hybridized carbons (Fsp3) is 0. The number of aromatic nitrogens is 3. The Morgan fingerprint density at radius 1 is 1.05 bits per heavy atom. The zero-order valence-electron chi connectivity index (χ0n) is 9.64. The molecule has 4 N–H and O–H groups in total. The SMILES string of the molecule is Nc1cc(N)n2nc(-c3ccc(Br)cc3)c(Br)c2n1. The predicted molar refractivity (Wildman–Crippen MR) is 82.6 cm³/mol. The molecule has 7 heteroatoms. The molecule has 0 unspecified atom stereocenters. The Bertz CT molecular complexity index is 764. The van der Waals surface area contributed by atoms with Gasteiger partial charge in [-0.25, -0.2) is 4.98 Å². The summed E-state index contributed by atoms with van der Waals surface area (Å²) in [6, 6.07) is 9.43. The van der Waals surface area contributed by atoms with E-state index >= 15 is 0 Å². The lowest BCUT2D eigenvalue weighted by Crippen LogP contribution is -2.02. The molecule has 0 fully saturated rings. The van der Waals surface area contributed by atoms with Crippen molar-refractivity contribution in [3.8, 4) is 11.3 Å². The number of halogens is 2. The van der Waals surface area contributed by atoms with Gasteiger partial charge in [0.2, 0.25) is 0 Å². The third kappa shape index (κ3) is 2.08. The van der Waals surface area contributed by atoms with Crippen LogP contribution < -0.4 is 11.5 Å². The van der Waals surface area contributed by atoms with Crippen molar-refractivity contribution in [3.63, 3.8) is 0 Å². The van der Waals surface area contributed by atoms with Crippen LogP contribution in [0.4, 0.5) is 11.6 Å². The van der Waals surface area contributed by atoms with Gasteiger partial charge in [-0.15, -0.1) is 0 Å². The maximum absolute atomic E-state index is 5.89. The second-order valence-electron chi connectivity index (χ2n) is 4.01. The average molecular weight is 383 g/mol. The monoisotopic (exact) mass is 381 g/mol. The van der Waals surface area contributed by atoms with Crippen molar-refractivity contribution in [2.45, 2.75) is 0 Å². The van der Waals surface area contributed by atoms with Crippen molar-refractivity contribution in [2.24, 2.45) is 0 Å². The van der Waals surface area contributed by atoms with Crippen LogP contribution >= 0.6 is 31.9 Å². The highest BCUT2D eigenvalue weighted by atomic mass is 79.9. The first-order chi connectivity index (χ1) is 9.06. The number of benzene rings is 1. The molecule has 0 saturated carbocycles. The van der Waals surface area contributed by atoms with Crippen molar-refractivity contribution in [1.82, 2.24) is 14.6 Å². The molecule has 0 amide bonds. The lowest BCUT2D eigenvalue weighted by molar-refractivity contribution is 0.958. The molecule has 3 aromatic rings. The average Bonchev–Trinajstić information content (AvgIpc) is 2.69. The Morgan fingerprint density at radius 2 is 1.74 bits per heavy atom. The number of nitrogens with two attached hydrogens (primary N) is 2. The maximum Gasteiger partial charge on any atom is 0.174 e. The van der Waals surface area contributed by atoms with Crippen molar-refractivity contribution in [3.05, 3.63) is 39.3 Å². The normalized spacial score (nSPS) is 11.1. The molecule has 2 heterocycles. The molecular formula is C12H9Br2N5. The van der Waals surface area contributed by atoms with Gasteiger partial charge in [0.15, 0.2) is 5.65 Å². The number of hydrogen-bond donors (Lipinski definition) is 2. The van der Waals surface area contributed by atoms with Gasteiger partial charge in [0, 0.05) is 16.1 Å². The molecule has 3 rings (SSSR count). The van der Waals surface area contributed by atoms with Crippen LogP contribution in [0.15, 0.2) is 39.3 Å². The first-order valence-corrected chi connectivity index (χ1v) is 7.01. The predicted octanol–water partition coefficient (Wildman–Crippen LogP) is 3.09. The van der Waals surface area contributed by atoms with Crippen LogP contribution in [-0.4, -0.2) is 14.6 Å². The van der Waals surface area contributed by atoms with Gasteiger partial charge in [0.1, 0.15) is 17.3 Å². The van der Waals surface area contributed by atoms with Crippen molar-refractivity contribution in [1.29, 1.82) is 0 Å². The number of nitrogens with zero attached hydrogens (tertiary/aromatic N) is 3. The number of hydrogen-bond acceptors (Lipinski definition) is 4. The van der Waals surface area contributed by atoms with Gasteiger partial charge >= 0.3 is 0 Å². The summed E-state index contributed by atoms with van der Waals surface area (Å²) in [5.41, 5.74) is 13.9. The number of rotatable bonds is 1. The summed E-state index contributed by atoms with van der Waals surface area (Å²) in [5.74, 6) is 0.819. The van der Waals surface area contributed by atoms with E-state index in [9.17, 15) is 0 Å². The Labute approximate surface area is 125 Å². The van der Waals surface area contributed by atoms with Gasteiger partial charge in [0.05, 0.1) is 4.47 Å². The lowest BCUT2D eigenvalue weighted by atomic mass is 10.2. The minimum atomic E-state index is 0.368. The number of anilines is 2. The van der Waals surface area contributed by atoms with Gasteiger partial charge in [-0.3, -0.25) is 0 Å². The largest absolute Gasteiger partial charge is 0.384 e. The Morgan fingerprint density at radius 3 is 2.42 bits per heavy atom. The minimum absolute atomic E-state index is 0.368. The lowest BCUT2D eigenvalue weighted by Gasteiger charge is -1.99. The molecule has 0 atom stereocenters. The Hall–Kier alpha value is -1.60. The van der Waals surface area contributed by atoms with Gasteiger partial charge in [-0.1, -0.05) is 28.1 Å². The highest BCUT2D eigenvalue weighted by Gasteiger charge is 2.15. The Balaban J connectivity index is 2.28. The molecule has 0 saturated heterocycles. The number of fused-ring (bicyclic) bond motifs is 1. The standard InChI is InChI=1S/C12H9Br2N5/c13-7-3-1-6(2-4-7)11-10(14)12-17-8(15)5-9(16)19(12)18-11/h1-5H,16H2,(H2,15,17). The van der Waals surface area contributed by atoms with Crippen LogP contribution in [0.25, 0.3) is 16.9 Å². The molecule has 96 valence electrons. The van der Waals surface area contributed by atoms with Crippen LogP contribution in [-0.2, 0) is 0 Å². The maximum atomic E-state index is 5.89. The summed E-state index contributed by atoms with van der Waals surface area (Å²) in [6.45, 7) is 0. The Kier molecular flexibility index (Phi) is 2.94. The van der Waals surface area contributed by atoms with E-state index in [1.807, 2.05) is 24.3 Å². The summed E-state index contributed by atoms with van der Waals surface area (Å²) in [5, 5.41) is 4.46. The molecule has 0 aliphatic rings. The summed E-state index contributed by atoms with van der Waals surface area (Å²) >= 11 is 6.91. The van der Waals surface area contributed by atoms with Crippen molar-refractivity contribution < 1.29 is 0 Å². The summed E-state index contributed by atoms with van der Waals surface area (Å²) in [7, 11) is 0. The number of nitrogen functional groups attached to an aromatic ring is 2. The summed E-state index contributed by atoms with van der Waals surface area (Å²) in [6.07, 6.45) is 0. The smallest absolute Gasteiger partial charge is 0.174 e. The molecule has 0 aliphatic carbocycles. The van der Waals surface area contributed by atoms with Crippen LogP contribution in [0.5, 0.6) is 0 Å². The van der Waals surface area contributed by atoms with Gasteiger partial charge in [-0.2, -0.15) is 9.61 Å². The highest BCUT2D eigenvalue weighted by molar-refractivity contribution is 9.11. The van der Waals surface area contributed by atoms with E-state index < -0.39 is 0 Å². The third-order valence-corrected chi connectivity index (χ3v) is 3.96. The molecule has 1 aromatic carbocycles. The first-order valence-electron chi connectivity index (χ1n) is 5.42. The van der Waals surface area contributed by atoms with Gasteiger partial charge in [-0.05, 0) is 28.1 Å². The topological polar surface area (TPSA) is 82.2 Å². The van der Waals surface area contributed by atoms with Gasteiger partial charge in [0.25, 0.3) is 0 Å². The van der Waals surface area contributed by atoms with E-state index in [0.717, 1.165) is 20.2 Å². The van der Waals surface area contributed by atoms with Crippen LogP contribution in [0, 0.1) is 0 Å². The first kappa shape index (κ1) is 12.4. The van der Waals surface area contributed by atoms with E-state index in [4.69, 9.17) is 11.5 Å². The van der Waals surface area contributed by atoms with Crippen LogP contribution in [0.2, 0.25) is 0 Å².